The summed E-state index contributed by atoms with van der Waals surface area (Å²) in [5.41, 5.74) is 2.07. The average Bonchev–Trinajstić information content (AvgIpc) is 2.58. The first kappa shape index (κ1) is 17.9. The van der Waals surface area contributed by atoms with E-state index in [4.69, 9.17) is 0 Å². The minimum Gasteiger partial charge on any atom is -0.166 e. The molecule has 0 aliphatic heterocycles. The number of aryl methyl sites for hydroxylation is 1. The number of rotatable bonds is 4. The molecule has 0 nitrogen and oxygen atoms in total. The van der Waals surface area contributed by atoms with E-state index in [1.807, 2.05) is 12.1 Å². The Morgan fingerprint density at radius 3 is 1.88 bits per heavy atom. The van der Waals surface area contributed by atoms with Gasteiger partial charge in [-0.2, -0.15) is 13.2 Å². The normalized spacial score (nSPS) is 10.8. The summed E-state index contributed by atoms with van der Waals surface area (Å²) in [5, 5.41) is 0. The van der Waals surface area contributed by atoms with Crippen molar-refractivity contribution < 1.29 is 13.2 Å². The first-order chi connectivity index (χ1) is 11.4. The van der Waals surface area contributed by atoms with Gasteiger partial charge in [0.05, 0.1) is 5.57 Å². The van der Waals surface area contributed by atoms with Gasteiger partial charge in [-0.1, -0.05) is 56.0 Å². The summed E-state index contributed by atoms with van der Waals surface area (Å²) in [7, 11) is 0. The highest BCUT2D eigenvalue weighted by atomic mass is 19.4. The Labute approximate surface area is 141 Å². The molecule has 0 N–H and O–H groups in total. The van der Waals surface area contributed by atoms with Crippen molar-refractivity contribution in [3.8, 4) is 11.8 Å². The molecule has 3 heteroatoms. The fourth-order valence-electron chi connectivity index (χ4n) is 2.20. The zero-order chi connectivity index (χ0) is 17.6. The smallest absolute Gasteiger partial charge is 0.166 e. The fourth-order valence-corrected chi connectivity index (χ4v) is 2.20. The van der Waals surface area contributed by atoms with Crippen molar-refractivity contribution in [1.82, 2.24) is 0 Å². The zero-order valence-corrected chi connectivity index (χ0v) is 13.6. The molecular formula is C21H19F3. The molecule has 24 heavy (non-hydrogen) atoms. The van der Waals surface area contributed by atoms with E-state index in [0.29, 0.717) is 5.56 Å². The van der Waals surface area contributed by atoms with E-state index >= 15 is 0 Å². The lowest BCUT2D eigenvalue weighted by molar-refractivity contribution is -0.0686. The van der Waals surface area contributed by atoms with Crippen LogP contribution in [-0.2, 0) is 6.42 Å². The van der Waals surface area contributed by atoms with Gasteiger partial charge in [0, 0.05) is 11.1 Å². The molecular weight excluding hydrogens is 309 g/mol. The van der Waals surface area contributed by atoms with E-state index in [1.54, 1.807) is 12.1 Å². The SMILES string of the molecule is C=C(c1ccc(C#Cc2ccc(CCCC)cc2)cc1)C(F)(F)F. The predicted octanol–water partition coefficient (Wildman–Crippen LogP) is 6.00. The topological polar surface area (TPSA) is 0 Å². The van der Waals surface area contributed by atoms with E-state index in [-0.39, 0.29) is 5.56 Å². The van der Waals surface area contributed by atoms with Crippen LogP contribution in [-0.4, -0.2) is 6.18 Å². The molecule has 0 aliphatic carbocycles. The molecule has 0 fully saturated rings. The molecule has 0 saturated heterocycles. The van der Waals surface area contributed by atoms with Gasteiger partial charge < -0.3 is 0 Å². The first-order valence-electron chi connectivity index (χ1n) is 7.87. The molecule has 0 unspecified atom stereocenters. The second-order valence-electron chi connectivity index (χ2n) is 5.60. The van der Waals surface area contributed by atoms with Crippen LogP contribution in [0.1, 0.15) is 42.0 Å². The Bertz CT molecular complexity index is 739. The molecule has 2 rings (SSSR count). The van der Waals surface area contributed by atoms with Crippen molar-refractivity contribution in [2.75, 3.05) is 0 Å². The molecule has 0 aliphatic rings. The van der Waals surface area contributed by atoms with Crippen LogP contribution < -0.4 is 0 Å². The van der Waals surface area contributed by atoms with Crippen molar-refractivity contribution >= 4 is 5.57 Å². The maximum Gasteiger partial charge on any atom is 0.416 e. The third-order valence-corrected chi connectivity index (χ3v) is 3.70. The maximum atomic E-state index is 12.6. The Hall–Kier alpha value is -2.47. The summed E-state index contributed by atoms with van der Waals surface area (Å²) in [4.78, 5) is 0. The van der Waals surface area contributed by atoms with Gasteiger partial charge in [-0.3, -0.25) is 0 Å². The van der Waals surface area contributed by atoms with Crippen LogP contribution in [0.5, 0.6) is 0 Å². The molecule has 0 atom stereocenters. The van der Waals surface area contributed by atoms with Crippen molar-refractivity contribution in [2.24, 2.45) is 0 Å². The van der Waals surface area contributed by atoms with E-state index in [0.717, 1.165) is 18.4 Å². The second kappa shape index (κ2) is 7.88. The van der Waals surface area contributed by atoms with E-state index < -0.39 is 11.7 Å². The summed E-state index contributed by atoms with van der Waals surface area (Å²) in [5.74, 6) is 6.00. The minimum absolute atomic E-state index is 0.0633. The van der Waals surface area contributed by atoms with Gasteiger partial charge >= 0.3 is 6.18 Å². The van der Waals surface area contributed by atoms with Crippen LogP contribution in [0.25, 0.3) is 5.57 Å². The lowest BCUT2D eigenvalue weighted by Crippen LogP contribution is -2.09. The molecule has 0 aromatic heterocycles. The highest BCUT2D eigenvalue weighted by molar-refractivity contribution is 5.68. The lowest BCUT2D eigenvalue weighted by atomic mass is 10.0. The van der Waals surface area contributed by atoms with Gasteiger partial charge in [0.15, 0.2) is 0 Å². The number of hydrogen-bond donors (Lipinski definition) is 0. The Kier molecular flexibility index (Phi) is 5.87. The first-order valence-corrected chi connectivity index (χ1v) is 7.87. The molecule has 2 aromatic rings. The van der Waals surface area contributed by atoms with Crippen LogP contribution in [0.4, 0.5) is 13.2 Å². The van der Waals surface area contributed by atoms with E-state index in [2.05, 4.69) is 37.5 Å². The predicted molar refractivity (Wildman–Crippen MR) is 92.6 cm³/mol. The summed E-state index contributed by atoms with van der Waals surface area (Å²) < 4.78 is 37.8. The molecule has 0 saturated carbocycles. The van der Waals surface area contributed by atoms with Crippen LogP contribution in [0.3, 0.4) is 0 Å². The van der Waals surface area contributed by atoms with Gasteiger partial charge in [0.1, 0.15) is 0 Å². The largest absolute Gasteiger partial charge is 0.416 e. The fraction of sp³-hybridized carbons (Fsp3) is 0.238. The van der Waals surface area contributed by atoms with Crippen molar-refractivity contribution in [2.45, 2.75) is 32.4 Å². The van der Waals surface area contributed by atoms with Gasteiger partial charge in [0.25, 0.3) is 0 Å². The van der Waals surface area contributed by atoms with Crippen molar-refractivity contribution in [3.63, 3.8) is 0 Å². The quantitative estimate of drug-likeness (QED) is 0.603. The van der Waals surface area contributed by atoms with Gasteiger partial charge in [-0.15, -0.1) is 0 Å². The number of unbranched alkanes of at least 4 members (excludes halogenated alkanes) is 1. The van der Waals surface area contributed by atoms with Crippen molar-refractivity contribution in [1.29, 1.82) is 0 Å². The number of allylic oxidation sites excluding steroid dienone is 1. The third kappa shape index (κ3) is 5.03. The standard InChI is InChI=1S/C21H19F3/c1-3-4-5-17-6-8-18(9-7-17)10-11-19-12-14-20(15-13-19)16(2)21(22,23)24/h6-9,12-15H,2-5H2,1H3. The number of halogens is 3. The Morgan fingerprint density at radius 2 is 1.42 bits per heavy atom. The number of benzene rings is 2. The zero-order valence-electron chi connectivity index (χ0n) is 13.6. The van der Waals surface area contributed by atoms with E-state index in [1.165, 1.54) is 24.1 Å². The molecule has 0 bridgehead atoms. The van der Waals surface area contributed by atoms with Crippen LogP contribution >= 0.6 is 0 Å². The van der Waals surface area contributed by atoms with Crippen LogP contribution in [0, 0.1) is 11.8 Å². The summed E-state index contributed by atoms with van der Waals surface area (Å²) in [6.07, 6.45) is -1.01. The van der Waals surface area contributed by atoms with Crippen LogP contribution in [0.15, 0.2) is 55.1 Å². The van der Waals surface area contributed by atoms with Gasteiger partial charge in [-0.25, -0.2) is 0 Å². The maximum absolute atomic E-state index is 12.6. The minimum atomic E-state index is -4.41. The molecule has 0 spiro atoms. The highest BCUT2D eigenvalue weighted by Crippen LogP contribution is 2.32. The Morgan fingerprint density at radius 1 is 0.917 bits per heavy atom. The molecule has 0 radical (unpaired) electrons. The van der Waals surface area contributed by atoms with Crippen LogP contribution in [0.2, 0.25) is 0 Å². The highest BCUT2D eigenvalue weighted by Gasteiger charge is 2.32. The Balaban J connectivity index is 2.07. The van der Waals surface area contributed by atoms with Crippen molar-refractivity contribution in [3.05, 3.63) is 77.4 Å². The monoisotopic (exact) mass is 328 g/mol. The number of alkyl halides is 3. The third-order valence-electron chi connectivity index (χ3n) is 3.70. The number of hydrogen-bond acceptors (Lipinski definition) is 0. The molecule has 0 heterocycles. The summed E-state index contributed by atoms with van der Waals surface area (Å²) in [6.45, 7) is 5.25. The summed E-state index contributed by atoms with van der Waals surface area (Å²) in [6, 6.07) is 14.0. The van der Waals surface area contributed by atoms with Gasteiger partial charge in [-0.05, 0) is 48.2 Å². The lowest BCUT2D eigenvalue weighted by Gasteiger charge is -2.09. The summed E-state index contributed by atoms with van der Waals surface area (Å²) >= 11 is 0. The molecule has 0 amide bonds. The average molecular weight is 328 g/mol. The molecule has 124 valence electrons. The second-order valence-corrected chi connectivity index (χ2v) is 5.60. The van der Waals surface area contributed by atoms with Gasteiger partial charge in [0.2, 0.25) is 0 Å². The molecule has 2 aromatic carbocycles. The van der Waals surface area contributed by atoms with E-state index in [9.17, 15) is 13.2 Å².